The third-order valence-electron chi connectivity index (χ3n) is 4.37. The summed E-state index contributed by atoms with van der Waals surface area (Å²) in [7, 11) is 2.09. The molecule has 1 atom stereocenters. The Morgan fingerprint density at radius 3 is 2.45 bits per heavy atom. The lowest BCUT2D eigenvalue weighted by Gasteiger charge is -2.36. The predicted octanol–water partition coefficient (Wildman–Crippen LogP) is 1.21. The second kappa shape index (κ2) is 5.19. The predicted molar refractivity (Wildman–Crippen MR) is 79.1 cm³/mol. The lowest BCUT2D eigenvalue weighted by molar-refractivity contribution is -0.125. The van der Waals surface area contributed by atoms with Crippen molar-refractivity contribution in [3.05, 3.63) is 35.9 Å². The number of rotatable bonds is 7. The molecule has 0 aliphatic heterocycles. The van der Waals surface area contributed by atoms with Gasteiger partial charge in [-0.2, -0.15) is 0 Å². The largest absolute Gasteiger partial charge is 0.368 e. The molecule has 3 rings (SSSR count). The Balaban J connectivity index is 1.91. The maximum atomic E-state index is 12.3. The molecule has 0 radical (unpaired) electrons. The van der Waals surface area contributed by atoms with Crippen LogP contribution in [-0.4, -0.2) is 36.5 Å². The van der Waals surface area contributed by atoms with E-state index in [2.05, 4.69) is 17.3 Å². The number of hydrogen-bond donors (Lipinski definition) is 2. The summed E-state index contributed by atoms with van der Waals surface area (Å²) < 4.78 is 0. The van der Waals surface area contributed by atoms with E-state index in [0.29, 0.717) is 18.6 Å². The molecule has 0 bridgehead atoms. The van der Waals surface area contributed by atoms with E-state index in [1.54, 1.807) is 0 Å². The molecule has 4 nitrogen and oxygen atoms in total. The van der Waals surface area contributed by atoms with Gasteiger partial charge in [-0.15, -0.1) is 0 Å². The van der Waals surface area contributed by atoms with Gasteiger partial charge >= 0.3 is 0 Å². The summed E-state index contributed by atoms with van der Waals surface area (Å²) in [6.07, 6.45) is 4.72. The lowest BCUT2D eigenvalue weighted by Crippen LogP contribution is -2.59. The van der Waals surface area contributed by atoms with E-state index < -0.39 is 5.54 Å². The van der Waals surface area contributed by atoms with Gasteiger partial charge < -0.3 is 10.6 Å². The van der Waals surface area contributed by atoms with Crippen molar-refractivity contribution in [2.24, 2.45) is 5.73 Å². The van der Waals surface area contributed by atoms with Crippen molar-refractivity contribution in [2.45, 2.75) is 43.3 Å². The number of benzene rings is 1. The number of hydrogen-bond acceptors (Lipinski definition) is 3. The van der Waals surface area contributed by atoms with Gasteiger partial charge in [0.1, 0.15) is 5.54 Å². The topological polar surface area (TPSA) is 58.4 Å². The molecule has 2 saturated carbocycles. The van der Waals surface area contributed by atoms with Crippen LogP contribution in [-0.2, 0) is 10.3 Å². The van der Waals surface area contributed by atoms with Crippen molar-refractivity contribution in [3.63, 3.8) is 0 Å². The van der Waals surface area contributed by atoms with Crippen LogP contribution in [0.4, 0.5) is 0 Å². The number of nitrogens with two attached hydrogens (primary N) is 1. The van der Waals surface area contributed by atoms with E-state index in [1.807, 2.05) is 30.3 Å². The number of nitrogens with zero attached hydrogens (tertiary/aromatic N) is 1. The number of carbonyl (C=O) groups is 1. The Bertz CT molecular complexity index is 482. The second-order valence-corrected chi connectivity index (χ2v) is 6.20. The first-order valence-corrected chi connectivity index (χ1v) is 7.45. The molecular weight excluding hydrogens is 250 g/mol. The van der Waals surface area contributed by atoms with Gasteiger partial charge in [0, 0.05) is 18.6 Å². The Morgan fingerprint density at radius 2 is 1.95 bits per heavy atom. The van der Waals surface area contributed by atoms with Crippen molar-refractivity contribution in [3.8, 4) is 0 Å². The molecule has 108 valence electrons. The maximum Gasteiger partial charge on any atom is 0.243 e. The van der Waals surface area contributed by atoms with E-state index in [9.17, 15) is 4.79 Å². The molecule has 0 spiro atoms. The van der Waals surface area contributed by atoms with Crippen molar-refractivity contribution in [2.75, 3.05) is 13.6 Å². The van der Waals surface area contributed by atoms with E-state index in [0.717, 1.165) is 18.4 Å². The van der Waals surface area contributed by atoms with Gasteiger partial charge in [0.15, 0.2) is 0 Å². The Kier molecular flexibility index (Phi) is 3.52. The van der Waals surface area contributed by atoms with Gasteiger partial charge in [0.2, 0.25) is 5.91 Å². The minimum Gasteiger partial charge on any atom is -0.368 e. The fourth-order valence-electron chi connectivity index (χ4n) is 2.83. The first kappa shape index (κ1) is 13.6. The third-order valence-corrected chi connectivity index (χ3v) is 4.37. The molecular formula is C16H23N3O. The molecule has 0 aromatic heterocycles. The molecule has 2 fully saturated rings. The van der Waals surface area contributed by atoms with E-state index >= 15 is 0 Å². The molecule has 2 aliphatic carbocycles. The highest BCUT2D eigenvalue weighted by molar-refractivity contribution is 5.86. The van der Waals surface area contributed by atoms with Crippen LogP contribution in [0.2, 0.25) is 0 Å². The van der Waals surface area contributed by atoms with Gasteiger partial charge in [0.05, 0.1) is 0 Å². The first-order valence-electron chi connectivity index (χ1n) is 7.45. The second-order valence-electron chi connectivity index (χ2n) is 6.20. The van der Waals surface area contributed by atoms with Crippen LogP contribution in [0.5, 0.6) is 0 Å². The number of primary amides is 1. The summed E-state index contributed by atoms with van der Waals surface area (Å²) in [4.78, 5) is 14.6. The molecule has 20 heavy (non-hydrogen) atoms. The summed E-state index contributed by atoms with van der Waals surface area (Å²) in [6, 6.07) is 10.9. The average Bonchev–Trinajstić information content (AvgIpc) is 3.31. The summed E-state index contributed by atoms with van der Waals surface area (Å²) in [6.45, 7) is 0.646. The number of likely N-dealkylation sites (N-methyl/N-ethyl adjacent to an activating group) is 1. The van der Waals surface area contributed by atoms with Crippen LogP contribution in [0, 0.1) is 0 Å². The monoisotopic (exact) mass is 273 g/mol. The number of nitrogens with one attached hydrogen (secondary N) is 1. The van der Waals surface area contributed by atoms with Crippen molar-refractivity contribution >= 4 is 5.91 Å². The van der Waals surface area contributed by atoms with Crippen molar-refractivity contribution in [1.82, 2.24) is 10.2 Å². The van der Waals surface area contributed by atoms with Gasteiger partial charge in [-0.1, -0.05) is 30.3 Å². The maximum absolute atomic E-state index is 12.3. The Hall–Kier alpha value is -1.39. The summed E-state index contributed by atoms with van der Waals surface area (Å²) in [5.74, 6) is -0.275. The van der Waals surface area contributed by atoms with Crippen LogP contribution in [0.25, 0.3) is 0 Å². The normalized spacial score (nSPS) is 21.7. The minimum absolute atomic E-state index is 0.275. The highest BCUT2D eigenvalue weighted by atomic mass is 16.1. The molecule has 1 unspecified atom stereocenters. The summed E-state index contributed by atoms with van der Waals surface area (Å²) in [5.41, 5.74) is 6.04. The molecule has 3 N–H and O–H groups in total. The molecule has 1 amide bonds. The van der Waals surface area contributed by atoms with Crippen molar-refractivity contribution < 1.29 is 4.79 Å². The van der Waals surface area contributed by atoms with E-state index in [-0.39, 0.29) is 5.91 Å². The average molecular weight is 273 g/mol. The minimum atomic E-state index is -0.764. The first-order chi connectivity index (χ1) is 9.62. The zero-order valence-electron chi connectivity index (χ0n) is 12.0. The molecule has 2 aliphatic rings. The number of amides is 1. The zero-order chi connectivity index (χ0) is 14.2. The molecule has 1 aromatic rings. The number of carbonyl (C=O) groups excluding carboxylic acids is 1. The van der Waals surface area contributed by atoms with Gasteiger partial charge in [-0.25, -0.2) is 0 Å². The molecule has 0 saturated heterocycles. The fourth-order valence-corrected chi connectivity index (χ4v) is 2.83. The Morgan fingerprint density at radius 1 is 1.30 bits per heavy atom. The van der Waals surface area contributed by atoms with Crippen LogP contribution in [0.15, 0.2) is 30.3 Å². The lowest BCUT2D eigenvalue weighted by atomic mass is 9.88. The van der Waals surface area contributed by atoms with Crippen LogP contribution in [0.1, 0.15) is 31.2 Å². The van der Waals surface area contributed by atoms with Gasteiger partial charge in [0.25, 0.3) is 0 Å². The van der Waals surface area contributed by atoms with Crippen LogP contribution >= 0.6 is 0 Å². The summed E-state index contributed by atoms with van der Waals surface area (Å²) in [5, 5.41) is 3.52. The van der Waals surface area contributed by atoms with Gasteiger partial charge in [-0.3, -0.25) is 10.1 Å². The molecule has 0 heterocycles. The highest BCUT2D eigenvalue weighted by Crippen LogP contribution is 2.33. The van der Waals surface area contributed by atoms with Crippen LogP contribution < -0.4 is 11.1 Å². The molecule has 4 heteroatoms. The quantitative estimate of drug-likeness (QED) is 0.785. The standard InChI is InChI=1S/C16H23N3O/c1-19(14-9-10-14)11-16(15(17)20,18-13-7-8-13)12-5-3-2-4-6-12/h2-6,13-14,18H,7-11H2,1H3,(H2,17,20). The molecule has 1 aromatic carbocycles. The smallest absolute Gasteiger partial charge is 0.243 e. The van der Waals surface area contributed by atoms with Crippen LogP contribution in [0.3, 0.4) is 0 Å². The summed E-state index contributed by atoms with van der Waals surface area (Å²) >= 11 is 0. The zero-order valence-corrected chi connectivity index (χ0v) is 12.0. The van der Waals surface area contributed by atoms with Crippen molar-refractivity contribution in [1.29, 1.82) is 0 Å². The Labute approximate surface area is 120 Å². The van der Waals surface area contributed by atoms with E-state index in [1.165, 1.54) is 12.8 Å². The SMILES string of the molecule is CN(CC(NC1CC1)(C(N)=O)c1ccccc1)C1CC1. The van der Waals surface area contributed by atoms with Gasteiger partial charge in [-0.05, 0) is 38.3 Å². The van der Waals surface area contributed by atoms with E-state index in [4.69, 9.17) is 5.73 Å². The fraction of sp³-hybridized carbons (Fsp3) is 0.562. The third kappa shape index (κ3) is 2.72. The highest BCUT2D eigenvalue weighted by Gasteiger charge is 2.45.